The Kier molecular flexibility index (Phi) is 8.11. The molecule has 1 amide bonds. The van der Waals surface area contributed by atoms with E-state index in [4.69, 9.17) is 4.74 Å². The SMILES string of the molecule is CC(Nc1ccc(-c2cc3c(N4CCOCC4)ncnc3[nH]2)cc1)C1CCN(CC#CC(=O)N(C)C)CC1. The Morgan fingerprint density at radius 2 is 1.89 bits per heavy atom. The minimum absolute atomic E-state index is 0.139. The number of hydrogen-bond donors (Lipinski definition) is 2. The number of hydrogen-bond acceptors (Lipinski definition) is 7. The highest BCUT2D eigenvalue weighted by atomic mass is 16.5. The van der Waals surface area contributed by atoms with Gasteiger partial charge in [-0.05, 0) is 68.5 Å². The predicted octanol–water partition coefficient (Wildman–Crippen LogP) is 3.07. The average molecular weight is 516 g/mol. The molecule has 2 fully saturated rings. The molecular weight excluding hydrogens is 478 g/mol. The fourth-order valence-electron chi connectivity index (χ4n) is 5.19. The average Bonchev–Trinajstić information content (AvgIpc) is 3.39. The van der Waals surface area contributed by atoms with Crippen LogP contribution in [0.15, 0.2) is 36.7 Å². The van der Waals surface area contributed by atoms with E-state index in [1.54, 1.807) is 20.4 Å². The summed E-state index contributed by atoms with van der Waals surface area (Å²) in [6, 6.07) is 11.1. The van der Waals surface area contributed by atoms with Gasteiger partial charge in [0.15, 0.2) is 0 Å². The Morgan fingerprint density at radius 1 is 1.16 bits per heavy atom. The number of nitrogens with one attached hydrogen (secondary N) is 2. The maximum Gasteiger partial charge on any atom is 0.297 e. The lowest BCUT2D eigenvalue weighted by atomic mass is 9.90. The summed E-state index contributed by atoms with van der Waals surface area (Å²) < 4.78 is 5.50. The summed E-state index contributed by atoms with van der Waals surface area (Å²) in [5, 5.41) is 4.75. The summed E-state index contributed by atoms with van der Waals surface area (Å²) in [6.45, 7) is 8.08. The molecule has 9 nitrogen and oxygen atoms in total. The van der Waals surface area contributed by atoms with E-state index in [0.717, 1.165) is 86.0 Å². The second-order valence-electron chi connectivity index (χ2n) is 10.4. The number of ether oxygens (including phenoxy) is 1. The van der Waals surface area contributed by atoms with Crippen LogP contribution in [0.4, 0.5) is 11.5 Å². The molecule has 38 heavy (non-hydrogen) atoms. The monoisotopic (exact) mass is 515 g/mol. The van der Waals surface area contributed by atoms with Crippen molar-refractivity contribution in [3.05, 3.63) is 36.7 Å². The van der Waals surface area contributed by atoms with Crippen molar-refractivity contribution in [2.45, 2.75) is 25.8 Å². The third kappa shape index (κ3) is 6.09. The van der Waals surface area contributed by atoms with Crippen molar-refractivity contribution >= 4 is 28.4 Å². The molecule has 2 aliphatic rings. The van der Waals surface area contributed by atoms with Crippen molar-refractivity contribution in [2.75, 3.05) is 70.2 Å². The van der Waals surface area contributed by atoms with E-state index in [0.29, 0.717) is 18.5 Å². The number of fused-ring (bicyclic) bond motifs is 1. The zero-order chi connectivity index (χ0) is 26.5. The first-order valence-corrected chi connectivity index (χ1v) is 13.4. The van der Waals surface area contributed by atoms with Crippen LogP contribution in [0.2, 0.25) is 0 Å². The van der Waals surface area contributed by atoms with Gasteiger partial charge in [-0.15, -0.1) is 0 Å². The Hall–Kier alpha value is -3.61. The Labute approximate surface area is 224 Å². The predicted molar refractivity (Wildman–Crippen MR) is 151 cm³/mol. The Balaban J connectivity index is 1.17. The Bertz CT molecular complexity index is 1290. The van der Waals surface area contributed by atoms with Crippen molar-refractivity contribution in [2.24, 2.45) is 5.92 Å². The first kappa shape index (κ1) is 26.0. The topological polar surface area (TPSA) is 89.6 Å². The molecule has 2 aromatic heterocycles. The number of aromatic amines is 1. The van der Waals surface area contributed by atoms with Crippen LogP contribution >= 0.6 is 0 Å². The second kappa shape index (κ2) is 11.8. The van der Waals surface area contributed by atoms with Crippen LogP contribution in [0.5, 0.6) is 0 Å². The molecule has 9 heteroatoms. The standard InChI is InChI=1S/C29H37N7O2/c1-21(22-10-13-35(14-11-22)12-4-5-27(37)34(2)3)32-24-8-6-23(7-9-24)26-19-25-28(33-26)30-20-31-29(25)36-15-17-38-18-16-36/h6-9,19-22,32H,10-18H2,1-3H3,(H,30,31,33). The maximum atomic E-state index is 11.6. The van der Waals surface area contributed by atoms with E-state index < -0.39 is 0 Å². The lowest BCUT2D eigenvalue weighted by Crippen LogP contribution is -2.39. The van der Waals surface area contributed by atoms with Gasteiger partial charge in [0.2, 0.25) is 0 Å². The zero-order valence-corrected chi connectivity index (χ0v) is 22.5. The normalized spacial score (nSPS) is 17.6. The molecule has 200 valence electrons. The summed E-state index contributed by atoms with van der Waals surface area (Å²) in [4.78, 5) is 30.2. The first-order valence-electron chi connectivity index (χ1n) is 13.4. The molecule has 2 aliphatic heterocycles. The molecule has 2 N–H and O–H groups in total. The number of likely N-dealkylation sites (tertiary alicyclic amines) is 1. The summed E-state index contributed by atoms with van der Waals surface area (Å²) in [7, 11) is 3.45. The van der Waals surface area contributed by atoms with Gasteiger partial charge in [-0.3, -0.25) is 9.69 Å². The van der Waals surface area contributed by atoms with Gasteiger partial charge in [0.1, 0.15) is 17.8 Å². The quantitative estimate of drug-likeness (QED) is 0.488. The van der Waals surface area contributed by atoms with Crippen LogP contribution < -0.4 is 10.2 Å². The number of aromatic nitrogens is 3. The minimum Gasteiger partial charge on any atom is -0.382 e. The molecule has 1 atom stereocenters. The molecule has 0 spiro atoms. The van der Waals surface area contributed by atoms with E-state index in [1.807, 2.05) is 0 Å². The molecule has 0 radical (unpaired) electrons. The van der Waals surface area contributed by atoms with Gasteiger partial charge in [-0.25, -0.2) is 9.97 Å². The van der Waals surface area contributed by atoms with Crippen LogP contribution in [-0.4, -0.2) is 96.7 Å². The van der Waals surface area contributed by atoms with Crippen LogP contribution in [0.1, 0.15) is 19.8 Å². The van der Waals surface area contributed by atoms with Crippen molar-refractivity contribution < 1.29 is 9.53 Å². The van der Waals surface area contributed by atoms with Crippen LogP contribution in [0.25, 0.3) is 22.3 Å². The third-order valence-corrected chi connectivity index (χ3v) is 7.55. The van der Waals surface area contributed by atoms with Gasteiger partial charge in [0.05, 0.1) is 25.1 Å². The number of piperidine rings is 1. The largest absolute Gasteiger partial charge is 0.382 e. The van der Waals surface area contributed by atoms with Crippen molar-refractivity contribution in [1.29, 1.82) is 0 Å². The van der Waals surface area contributed by atoms with Gasteiger partial charge in [0, 0.05) is 44.6 Å². The van der Waals surface area contributed by atoms with Crippen LogP contribution in [-0.2, 0) is 9.53 Å². The van der Waals surface area contributed by atoms with Crippen molar-refractivity contribution in [3.8, 4) is 23.1 Å². The molecule has 0 saturated carbocycles. The van der Waals surface area contributed by atoms with Crippen LogP contribution in [0, 0.1) is 17.8 Å². The molecule has 0 aliphatic carbocycles. The molecular formula is C29H37N7O2. The second-order valence-corrected chi connectivity index (χ2v) is 10.4. The number of carbonyl (C=O) groups is 1. The highest BCUT2D eigenvalue weighted by Crippen LogP contribution is 2.30. The highest BCUT2D eigenvalue weighted by molar-refractivity contribution is 5.93. The third-order valence-electron chi connectivity index (χ3n) is 7.55. The number of nitrogens with zero attached hydrogens (tertiary/aromatic N) is 5. The fraction of sp³-hybridized carbons (Fsp3) is 0.483. The van der Waals surface area contributed by atoms with E-state index >= 15 is 0 Å². The summed E-state index contributed by atoms with van der Waals surface area (Å²) in [6.07, 6.45) is 3.88. The van der Waals surface area contributed by atoms with Crippen molar-refractivity contribution in [3.63, 3.8) is 0 Å². The number of amides is 1. The number of H-pyrrole nitrogens is 1. The minimum atomic E-state index is -0.139. The maximum absolute atomic E-state index is 11.6. The lowest BCUT2D eigenvalue weighted by molar-refractivity contribution is -0.122. The van der Waals surface area contributed by atoms with Gasteiger partial charge in [-0.1, -0.05) is 18.1 Å². The summed E-state index contributed by atoms with van der Waals surface area (Å²) >= 11 is 0. The van der Waals surface area contributed by atoms with E-state index in [1.165, 1.54) is 4.90 Å². The van der Waals surface area contributed by atoms with E-state index in [-0.39, 0.29) is 5.91 Å². The van der Waals surface area contributed by atoms with Gasteiger partial charge in [0.25, 0.3) is 5.91 Å². The number of benzene rings is 1. The smallest absolute Gasteiger partial charge is 0.297 e. The number of anilines is 2. The molecule has 5 rings (SSSR count). The number of rotatable bonds is 6. The molecule has 1 unspecified atom stereocenters. The van der Waals surface area contributed by atoms with Crippen LogP contribution in [0.3, 0.4) is 0 Å². The molecule has 4 heterocycles. The molecule has 3 aromatic rings. The van der Waals surface area contributed by atoms with Gasteiger partial charge < -0.3 is 24.8 Å². The van der Waals surface area contributed by atoms with E-state index in [2.05, 4.69) is 79.2 Å². The lowest BCUT2D eigenvalue weighted by Gasteiger charge is -2.34. The highest BCUT2D eigenvalue weighted by Gasteiger charge is 2.23. The zero-order valence-electron chi connectivity index (χ0n) is 22.5. The van der Waals surface area contributed by atoms with E-state index in [9.17, 15) is 4.79 Å². The summed E-state index contributed by atoms with van der Waals surface area (Å²) in [5.74, 6) is 7.16. The first-order chi connectivity index (χ1) is 18.5. The molecule has 1 aromatic carbocycles. The molecule has 2 saturated heterocycles. The molecule has 0 bridgehead atoms. The number of morpholine rings is 1. The van der Waals surface area contributed by atoms with Crippen molar-refractivity contribution in [1.82, 2.24) is 24.8 Å². The van der Waals surface area contributed by atoms with Gasteiger partial charge in [-0.2, -0.15) is 0 Å². The van der Waals surface area contributed by atoms with Gasteiger partial charge >= 0.3 is 0 Å². The fourth-order valence-corrected chi connectivity index (χ4v) is 5.19. The number of carbonyl (C=O) groups excluding carboxylic acids is 1. The summed E-state index contributed by atoms with van der Waals surface area (Å²) in [5.41, 5.74) is 4.14. The Morgan fingerprint density at radius 3 is 2.61 bits per heavy atom.